The van der Waals surface area contributed by atoms with Crippen molar-refractivity contribution in [3.63, 3.8) is 0 Å². The summed E-state index contributed by atoms with van der Waals surface area (Å²) in [6, 6.07) is 4.55. The van der Waals surface area contributed by atoms with Crippen molar-refractivity contribution in [2.75, 3.05) is 13.7 Å². The number of rotatable bonds is 6. The lowest BCUT2D eigenvalue weighted by molar-refractivity contribution is -0.150. The minimum Gasteiger partial charge on any atom is -0.497 e. The second-order valence-corrected chi connectivity index (χ2v) is 7.71. The van der Waals surface area contributed by atoms with E-state index in [4.69, 9.17) is 13.9 Å². The lowest BCUT2D eigenvalue weighted by Gasteiger charge is -2.30. The van der Waals surface area contributed by atoms with Gasteiger partial charge < -0.3 is 19.2 Å². The molecule has 10 nitrogen and oxygen atoms in total. The molecular weight excluding hydrogens is 406 g/mol. The van der Waals surface area contributed by atoms with Crippen molar-refractivity contribution in [1.29, 1.82) is 0 Å². The number of fused-ring (bicyclic) bond motifs is 1. The van der Waals surface area contributed by atoms with Crippen LogP contribution >= 0.6 is 0 Å². The van der Waals surface area contributed by atoms with Crippen LogP contribution in [0.2, 0.25) is 0 Å². The van der Waals surface area contributed by atoms with Gasteiger partial charge in [0, 0.05) is 17.0 Å². The summed E-state index contributed by atoms with van der Waals surface area (Å²) in [7, 11) is 1.54. The SMILES string of the molecule is COc1ccc2c(CC(=O)OCC(=O)NN3C(=O)NC4(CCCCC4)C3=O)coc2c1. The van der Waals surface area contributed by atoms with Crippen LogP contribution in [-0.2, 0) is 25.5 Å². The van der Waals surface area contributed by atoms with Crippen molar-refractivity contribution < 1.29 is 33.1 Å². The van der Waals surface area contributed by atoms with E-state index in [9.17, 15) is 19.2 Å². The number of nitrogens with zero attached hydrogens (tertiary/aromatic N) is 1. The second-order valence-electron chi connectivity index (χ2n) is 7.71. The van der Waals surface area contributed by atoms with Crippen LogP contribution in [0, 0.1) is 0 Å². The van der Waals surface area contributed by atoms with Crippen LogP contribution in [0.1, 0.15) is 37.7 Å². The van der Waals surface area contributed by atoms with E-state index in [0.29, 0.717) is 34.7 Å². The maximum Gasteiger partial charge on any atom is 0.344 e. The van der Waals surface area contributed by atoms with E-state index >= 15 is 0 Å². The summed E-state index contributed by atoms with van der Waals surface area (Å²) in [6.45, 7) is -0.619. The molecule has 2 heterocycles. The summed E-state index contributed by atoms with van der Waals surface area (Å²) in [5, 5.41) is 4.10. The highest BCUT2D eigenvalue weighted by atomic mass is 16.5. The highest BCUT2D eigenvalue weighted by molar-refractivity contribution is 6.08. The molecule has 1 saturated heterocycles. The Kier molecular flexibility index (Phi) is 5.53. The molecule has 164 valence electrons. The number of urea groups is 1. The number of carbonyl (C=O) groups excluding carboxylic acids is 4. The number of nitrogens with one attached hydrogen (secondary N) is 2. The van der Waals surface area contributed by atoms with Crippen molar-refractivity contribution >= 4 is 34.8 Å². The molecule has 4 amide bonds. The minimum atomic E-state index is -0.940. The molecule has 1 aromatic heterocycles. The number of hydrogen-bond acceptors (Lipinski definition) is 7. The molecule has 0 atom stereocenters. The summed E-state index contributed by atoms with van der Waals surface area (Å²) >= 11 is 0. The molecule has 0 radical (unpaired) electrons. The number of imide groups is 1. The van der Waals surface area contributed by atoms with E-state index in [0.717, 1.165) is 24.6 Å². The Hall–Kier alpha value is -3.56. The standard InChI is InChI=1S/C21H23N3O7/c1-29-14-5-6-15-13(11-30-16(15)10-14)9-18(26)31-12-17(25)23-24-19(27)21(22-20(24)28)7-3-2-4-8-21/h5-6,10-11H,2-4,7-9,12H2,1H3,(H,22,28)(H,23,25). The number of esters is 1. The molecule has 2 aliphatic rings. The molecule has 10 heteroatoms. The van der Waals surface area contributed by atoms with Gasteiger partial charge in [-0.15, -0.1) is 0 Å². The fourth-order valence-corrected chi connectivity index (χ4v) is 4.05. The van der Waals surface area contributed by atoms with Gasteiger partial charge in [0.2, 0.25) is 0 Å². The Morgan fingerprint density at radius 2 is 2.00 bits per heavy atom. The second kappa shape index (κ2) is 8.29. The first-order valence-electron chi connectivity index (χ1n) is 10.1. The third-order valence-corrected chi connectivity index (χ3v) is 5.67. The number of benzene rings is 1. The number of amides is 4. The predicted molar refractivity (Wildman–Crippen MR) is 107 cm³/mol. The first-order chi connectivity index (χ1) is 14.9. The first-order valence-corrected chi connectivity index (χ1v) is 10.1. The summed E-state index contributed by atoms with van der Waals surface area (Å²) < 4.78 is 15.6. The van der Waals surface area contributed by atoms with Gasteiger partial charge in [-0.3, -0.25) is 19.8 Å². The van der Waals surface area contributed by atoms with Crippen molar-refractivity contribution in [2.45, 2.75) is 44.1 Å². The number of ether oxygens (including phenoxy) is 2. The molecule has 2 fully saturated rings. The fraction of sp³-hybridized carbons (Fsp3) is 0.429. The smallest absolute Gasteiger partial charge is 0.344 e. The molecule has 0 unspecified atom stereocenters. The lowest BCUT2D eigenvalue weighted by Crippen LogP contribution is -2.51. The number of hydrazine groups is 1. The van der Waals surface area contributed by atoms with Crippen molar-refractivity contribution in [3.8, 4) is 5.75 Å². The Morgan fingerprint density at radius 1 is 1.23 bits per heavy atom. The average molecular weight is 429 g/mol. The van der Waals surface area contributed by atoms with Gasteiger partial charge in [0.25, 0.3) is 11.8 Å². The summed E-state index contributed by atoms with van der Waals surface area (Å²) in [5.41, 5.74) is 2.46. The van der Waals surface area contributed by atoms with E-state index in [-0.39, 0.29) is 6.42 Å². The van der Waals surface area contributed by atoms with Crippen LogP contribution in [0.25, 0.3) is 11.0 Å². The van der Waals surface area contributed by atoms with Gasteiger partial charge in [-0.2, -0.15) is 5.01 Å². The van der Waals surface area contributed by atoms with E-state index < -0.39 is 36.0 Å². The van der Waals surface area contributed by atoms with Gasteiger partial charge in [-0.05, 0) is 25.0 Å². The van der Waals surface area contributed by atoms with Gasteiger partial charge in [0.05, 0.1) is 19.8 Å². The topological polar surface area (TPSA) is 127 Å². The third kappa shape index (κ3) is 4.05. The molecule has 1 aliphatic carbocycles. The van der Waals surface area contributed by atoms with E-state index in [1.807, 2.05) is 0 Å². The normalized spacial score (nSPS) is 17.6. The Balaban J connectivity index is 1.30. The number of methoxy groups -OCH3 is 1. The van der Waals surface area contributed by atoms with Gasteiger partial charge in [0.1, 0.15) is 16.9 Å². The zero-order chi connectivity index (χ0) is 22.0. The van der Waals surface area contributed by atoms with Crippen LogP contribution in [0.15, 0.2) is 28.9 Å². The quantitative estimate of drug-likeness (QED) is 0.530. The number of hydrogen-bond donors (Lipinski definition) is 2. The largest absolute Gasteiger partial charge is 0.497 e. The van der Waals surface area contributed by atoms with E-state index in [1.54, 1.807) is 25.3 Å². The monoisotopic (exact) mass is 429 g/mol. The van der Waals surface area contributed by atoms with Crippen LogP contribution in [-0.4, -0.2) is 48.1 Å². The maximum absolute atomic E-state index is 12.6. The van der Waals surface area contributed by atoms with Crippen molar-refractivity contribution in [2.24, 2.45) is 0 Å². The predicted octanol–water partition coefficient (Wildman–Crippen LogP) is 1.81. The van der Waals surface area contributed by atoms with Gasteiger partial charge in [-0.25, -0.2) is 4.79 Å². The maximum atomic E-state index is 12.6. The first kappa shape index (κ1) is 20.7. The van der Waals surface area contributed by atoms with Crippen LogP contribution in [0.4, 0.5) is 4.79 Å². The van der Waals surface area contributed by atoms with Crippen molar-refractivity contribution in [1.82, 2.24) is 15.8 Å². The molecule has 0 bridgehead atoms. The molecule has 2 aromatic rings. The molecule has 1 saturated carbocycles. The summed E-state index contributed by atoms with van der Waals surface area (Å²) in [6.07, 6.45) is 5.11. The van der Waals surface area contributed by atoms with E-state index in [2.05, 4.69) is 10.7 Å². The molecule has 1 aromatic carbocycles. The molecule has 31 heavy (non-hydrogen) atoms. The third-order valence-electron chi connectivity index (χ3n) is 5.67. The lowest BCUT2D eigenvalue weighted by atomic mass is 9.82. The van der Waals surface area contributed by atoms with E-state index in [1.165, 1.54) is 6.26 Å². The zero-order valence-corrected chi connectivity index (χ0v) is 17.1. The van der Waals surface area contributed by atoms with Crippen LogP contribution in [0.3, 0.4) is 0 Å². The van der Waals surface area contributed by atoms with Gasteiger partial charge in [0.15, 0.2) is 6.61 Å². The molecule has 1 spiro atoms. The zero-order valence-electron chi connectivity index (χ0n) is 17.1. The molecule has 2 N–H and O–H groups in total. The Bertz CT molecular complexity index is 1040. The van der Waals surface area contributed by atoms with Crippen LogP contribution in [0.5, 0.6) is 5.75 Å². The average Bonchev–Trinajstić information content (AvgIpc) is 3.26. The Labute approximate surface area is 177 Å². The van der Waals surface area contributed by atoms with Gasteiger partial charge in [-0.1, -0.05) is 19.3 Å². The number of furan rings is 1. The highest BCUT2D eigenvalue weighted by Crippen LogP contribution is 2.33. The molecule has 1 aliphatic heterocycles. The van der Waals surface area contributed by atoms with Gasteiger partial charge >= 0.3 is 12.0 Å². The Morgan fingerprint density at radius 3 is 2.74 bits per heavy atom. The fourth-order valence-electron chi connectivity index (χ4n) is 4.05. The molecular formula is C21H23N3O7. The van der Waals surface area contributed by atoms with Crippen LogP contribution < -0.4 is 15.5 Å². The molecule has 4 rings (SSSR count). The summed E-state index contributed by atoms with van der Waals surface area (Å²) in [4.78, 5) is 49.1. The highest BCUT2D eigenvalue weighted by Gasteiger charge is 2.52. The minimum absolute atomic E-state index is 0.0984. The number of carbonyl (C=O) groups is 4. The van der Waals surface area contributed by atoms with Crippen molar-refractivity contribution in [3.05, 3.63) is 30.0 Å². The summed E-state index contributed by atoms with van der Waals surface area (Å²) in [5.74, 6) is -1.26.